The van der Waals surface area contributed by atoms with E-state index in [4.69, 9.17) is 15.6 Å². The van der Waals surface area contributed by atoms with E-state index in [1.165, 1.54) is 0 Å². The van der Waals surface area contributed by atoms with Crippen molar-refractivity contribution < 1.29 is 19.4 Å². The molecule has 0 heterocycles. The van der Waals surface area contributed by atoms with Crippen molar-refractivity contribution in [1.82, 2.24) is 5.32 Å². The van der Waals surface area contributed by atoms with Gasteiger partial charge in [0.2, 0.25) is 5.91 Å². The number of aliphatic carboxylic acids is 1. The molecule has 0 aliphatic rings. The second-order valence-corrected chi connectivity index (χ2v) is 4.61. The molecule has 0 saturated heterocycles. The van der Waals surface area contributed by atoms with E-state index in [2.05, 4.69) is 5.32 Å². The van der Waals surface area contributed by atoms with E-state index in [0.29, 0.717) is 13.0 Å². The fourth-order valence-electron chi connectivity index (χ4n) is 1.60. The molecule has 0 rings (SSSR count). The van der Waals surface area contributed by atoms with Crippen LogP contribution >= 0.6 is 0 Å². The Morgan fingerprint density at radius 1 is 1.39 bits per heavy atom. The number of carboxylic acids is 1. The van der Waals surface area contributed by atoms with Gasteiger partial charge < -0.3 is 20.9 Å². The second kappa shape index (κ2) is 8.88. The van der Waals surface area contributed by atoms with E-state index in [0.717, 1.165) is 0 Å². The third-order valence-corrected chi connectivity index (χ3v) is 2.42. The highest BCUT2D eigenvalue weighted by Gasteiger charge is 2.22. The monoisotopic (exact) mass is 260 g/mol. The first-order chi connectivity index (χ1) is 8.40. The summed E-state index contributed by atoms with van der Waals surface area (Å²) in [4.78, 5) is 22.7. The van der Waals surface area contributed by atoms with Crippen molar-refractivity contribution in [2.75, 3.05) is 13.2 Å². The fraction of sp³-hybridized carbons (Fsp3) is 0.833. The Hall–Kier alpha value is -1.14. The molecule has 0 fully saturated rings. The highest BCUT2D eigenvalue weighted by Crippen LogP contribution is 2.06. The van der Waals surface area contributed by atoms with Gasteiger partial charge in [0.1, 0.15) is 6.04 Å². The van der Waals surface area contributed by atoms with Gasteiger partial charge in [-0.25, -0.2) is 4.79 Å². The smallest absolute Gasteiger partial charge is 0.326 e. The molecule has 0 aliphatic carbocycles. The summed E-state index contributed by atoms with van der Waals surface area (Å²) in [6.07, 6.45) is 0.137. The molecular weight excluding hydrogens is 236 g/mol. The van der Waals surface area contributed by atoms with Crippen LogP contribution < -0.4 is 11.1 Å². The van der Waals surface area contributed by atoms with Crippen LogP contribution in [0, 0.1) is 5.92 Å². The molecular formula is C12H24N2O4. The largest absolute Gasteiger partial charge is 0.480 e. The van der Waals surface area contributed by atoms with Crippen LogP contribution in [0.5, 0.6) is 0 Å². The number of ether oxygens (including phenoxy) is 1. The fourth-order valence-corrected chi connectivity index (χ4v) is 1.60. The highest BCUT2D eigenvalue weighted by atomic mass is 16.5. The topological polar surface area (TPSA) is 102 Å². The summed E-state index contributed by atoms with van der Waals surface area (Å²) in [6, 6.07) is -0.849. The number of hydrogen-bond donors (Lipinski definition) is 3. The molecule has 0 saturated carbocycles. The lowest BCUT2D eigenvalue weighted by molar-refractivity contribution is -0.142. The van der Waals surface area contributed by atoms with Crippen LogP contribution in [0.1, 0.15) is 33.6 Å². The van der Waals surface area contributed by atoms with Gasteiger partial charge in [-0.3, -0.25) is 4.79 Å². The first-order valence-electron chi connectivity index (χ1n) is 6.24. The molecule has 0 aromatic rings. The van der Waals surface area contributed by atoms with Gasteiger partial charge in [0.25, 0.3) is 0 Å². The van der Waals surface area contributed by atoms with Crippen molar-refractivity contribution in [1.29, 1.82) is 0 Å². The first-order valence-corrected chi connectivity index (χ1v) is 6.24. The van der Waals surface area contributed by atoms with Crippen LogP contribution in [0.4, 0.5) is 0 Å². The lowest BCUT2D eigenvalue weighted by Crippen LogP contribution is -2.43. The van der Waals surface area contributed by atoms with Crippen LogP contribution in [0.15, 0.2) is 0 Å². The van der Waals surface area contributed by atoms with Gasteiger partial charge in [0, 0.05) is 13.2 Å². The summed E-state index contributed by atoms with van der Waals surface area (Å²) in [6.45, 7) is 6.35. The molecule has 4 N–H and O–H groups in total. The maximum atomic E-state index is 11.7. The van der Waals surface area contributed by atoms with Crippen molar-refractivity contribution in [3.63, 3.8) is 0 Å². The normalized spacial score (nSPS) is 14.3. The standard InChI is InChI=1S/C12H24N2O4/c1-4-18-9(7-13)6-11(15)14-10(12(16)17)5-8(2)3/h8-10H,4-7,13H2,1-3H3,(H,14,15)(H,16,17). The van der Waals surface area contributed by atoms with Crippen LogP contribution in [0.25, 0.3) is 0 Å². The molecule has 0 aromatic carbocycles. The summed E-state index contributed by atoms with van der Waals surface area (Å²) >= 11 is 0. The zero-order valence-electron chi connectivity index (χ0n) is 11.3. The predicted molar refractivity (Wildman–Crippen MR) is 68.1 cm³/mol. The van der Waals surface area contributed by atoms with Crippen LogP contribution in [0.3, 0.4) is 0 Å². The minimum atomic E-state index is -1.02. The summed E-state index contributed by atoms with van der Waals surface area (Å²) in [5, 5.41) is 11.5. The summed E-state index contributed by atoms with van der Waals surface area (Å²) in [5.74, 6) is -1.16. The summed E-state index contributed by atoms with van der Waals surface area (Å²) < 4.78 is 5.25. The van der Waals surface area contributed by atoms with Crippen molar-refractivity contribution in [2.24, 2.45) is 11.7 Å². The Kier molecular flexibility index (Phi) is 8.32. The van der Waals surface area contributed by atoms with E-state index in [9.17, 15) is 9.59 Å². The van der Waals surface area contributed by atoms with E-state index in [1.54, 1.807) is 0 Å². The lowest BCUT2D eigenvalue weighted by atomic mass is 10.0. The van der Waals surface area contributed by atoms with Gasteiger partial charge in [0.15, 0.2) is 0 Å². The number of rotatable bonds is 9. The quantitative estimate of drug-likeness (QED) is 0.555. The second-order valence-electron chi connectivity index (χ2n) is 4.61. The Balaban J connectivity index is 4.28. The number of carboxylic acid groups (broad SMARTS) is 1. The van der Waals surface area contributed by atoms with Crippen molar-refractivity contribution >= 4 is 11.9 Å². The molecule has 2 atom stereocenters. The summed E-state index contributed by atoms with van der Waals surface area (Å²) in [5.41, 5.74) is 5.46. The Labute approximate surface area is 108 Å². The molecule has 0 aliphatic heterocycles. The molecule has 0 aromatic heterocycles. The zero-order valence-corrected chi connectivity index (χ0v) is 11.3. The molecule has 1 amide bonds. The number of carbonyl (C=O) groups excluding carboxylic acids is 1. The van der Waals surface area contributed by atoms with Gasteiger partial charge in [0.05, 0.1) is 12.5 Å². The summed E-state index contributed by atoms with van der Waals surface area (Å²) in [7, 11) is 0. The average molecular weight is 260 g/mol. The molecule has 2 unspecified atom stereocenters. The first kappa shape index (κ1) is 16.9. The van der Waals surface area contributed by atoms with Gasteiger partial charge in [-0.2, -0.15) is 0 Å². The number of carbonyl (C=O) groups is 2. The molecule has 18 heavy (non-hydrogen) atoms. The Morgan fingerprint density at radius 3 is 2.39 bits per heavy atom. The molecule has 0 bridgehead atoms. The maximum absolute atomic E-state index is 11.7. The van der Waals surface area contributed by atoms with Gasteiger partial charge in [-0.05, 0) is 19.3 Å². The number of hydrogen-bond acceptors (Lipinski definition) is 4. The third kappa shape index (κ3) is 7.24. The Bertz CT molecular complexity index is 269. The van der Waals surface area contributed by atoms with Crippen molar-refractivity contribution in [3.8, 4) is 0 Å². The molecule has 6 heteroatoms. The van der Waals surface area contributed by atoms with E-state index in [-0.39, 0.29) is 30.9 Å². The SMILES string of the molecule is CCOC(CN)CC(=O)NC(CC(C)C)C(=O)O. The van der Waals surface area contributed by atoms with E-state index >= 15 is 0 Å². The highest BCUT2D eigenvalue weighted by molar-refractivity contribution is 5.83. The van der Waals surface area contributed by atoms with Gasteiger partial charge in [-0.1, -0.05) is 13.8 Å². The van der Waals surface area contributed by atoms with E-state index < -0.39 is 12.0 Å². The predicted octanol–water partition coefficient (Wildman–Crippen LogP) is 0.356. The Morgan fingerprint density at radius 2 is 2.00 bits per heavy atom. The lowest BCUT2D eigenvalue weighted by Gasteiger charge is -2.19. The van der Waals surface area contributed by atoms with Crippen molar-refractivity contribution in [2.45, 2.75) is 45.8 Å². The van der Waals surface area contributed by atoms with Gasteiger partial charge in [-0.15, -0.1) is 0 Å². The minimum Gasteiger partial charge on any atom is -0.480 e. The number of amides is 1. The number of nitrogens with two attached hydrogens (primary N) is 1. The van der Waals surface area contributed by atoms with Gasteiger partial charge >= 0.3 is 5.97 Å². The third-order valence-electron chi connectivity index (χ3n) is 2.42. The molecule has 106 valence electrons. The van der Waals surface area contributed by atoms with Crippen LogP contribution in [0.2, 0.25) is 0 Å². The molecule has 0 radical (unpaired) electrons. The molecule has 0 spiro atoms. The van der Waals surface area contributed by atoms with Crippen molar-refractivity contribution in [3.05, 3.63) is 0 Å². The van der Waals surface area contributed by atoms with Crippen LogP contribution in [-0.2, 0) is 14.3 Å². The average Bonchev–Trinajstić information content (AvgIpc) is 2.26. The minimum absolute atomic E-state index is 0.0895. The maximum Gasteiger partial charge on any atom is 0.326 e. The van der Waals surface area contributed by atoms with Crippen LogP contribution in [-0.4, -0.2) is 42.3 Å². The molecule has 6 nitrogen and oxygen atoms in total. The number of nitrogens with one attached hydrogen (secondary N) is 1. The zero-order chi connectivity index (χ0) is 14.1. The van der Waals surface area contributed by atoms with E-state index in [1.807, 2.05) is 20.8 Å².